The van der Waals surface area contributed by atoms with Gasteiger partial charge in [0.1, 0.15) is 0 Å². The smallest absolute Gasteiger partial charge is 0.211 e. The molecule has 0 aromatic heterocycles. The zero-order valence-corrected chi connectivity index (χ0v) is 16.4. The van der Waals surface area contributed by atoms with E-state index >= 15 is 0 Å². The minimum absolute atomic E-state index is 0.111. The summed E-state index contributed by atoms with van der Waals surface area (Å²) in [6.45, 7) is 8.41. The average molecular weight is 379 g/mol. The standard InChI is InChI=1S/C16H34N4O4S/c1-3-17-16(18-9-6-11-20-25(21,22)4-2)19-10-7-12-23-14-15-8-5-13-24-15/h15,20H,3-14H2,1-2H3,(H2,17,18,19). The summed E-state index contributed by atoms with van der Waals surface area (Å²) in [7, 11) is -3.11. The summed E-state index contributed by atoms with van der Waals surface area (Å²) in [4.78, 5) is 4.49. The molecule has 9 heteroatoms. The predicted octanol–water partition coefficient (Wildman–Crippen LogP) is 0.457. The number of aliphatic imine (C=N–C) groups is 1. The maximum absolute atomic E-state index is 11.3. The summed E-state index contributed by atoms with van der Waals surface area (Å²) < 4.78 is 36.3. The lowest BCUT2D eigenvalue weighted by Gasteiger charge is -2.12. The Morgan fingerprint density at radius 1 is 1.24 bits per heavy atom. The number of hydrogen-bond donors (Lipinski definition) is 3. The lowest BCUT2D eigenvalue weighted by Crippen LogP contribution is -2.39. The summed E-state index contributed by atoms with van der Waals surface area (Å²) in [5.41, 5.74) is 0. The predicted molar refractivity (Wildman–Crippen MR) is 100 cm³/mol. The summed E-state index contributed by atoms with van der Waals surface area (Å²) in [5.74, 6) is 0.861. The van der Waals surface area contributed by atoms with Gasteiger partial charge in [-0.2, -0.15) is 0 Å². The molecule has 1 aliphatic rings. The van der Waals surface area contributed by atoms with Gasteiger partial charge in [-0.1, -0.05) is 0 Å². The normalized spacial score (nSPS) is 18.5. The molecule has 1 heterocycles. The molecule has 1 fully saturated rings. The molecule has 0 aromatic rings. The van der Waals surface area contributed by atoms with Gasteiger partial charge in [-0.15, -0.1) is 0 Å². The molecule has 8 nitrogen and oxygen atoms in total. The fourth-order valence-corrected chi connectivity index (χ4v) is 2.97. The van der Waals surface area contributed by atoms with Crippen molar-refractivity contribution in [3.05, 3.63) is 0 Å². The molecule has 1 atom stereocenters. The Balaban J connectivity index is 2.09. The van der Waals surface area contributed by atoms with Crippen molar-refractivity contribution >= 4 is 16.0 Å². The molecule has 0 bridgehead atoms. The van der Waals surface area contributed by atoms with Crippen molar-refractivity contribution in [2.75, 3.05) is 51.8 Å². The van der Waals surface area contributed by atoms with Crippen molar-refractivity contribution in [2.45, 2.75) is 45.6 Å². The van der Waals surface area contributed by atoms with Crippen molar-refractivity contribution in [3.63, 3.8) is 0 Å². The van der Waals surface area contributed by atoms with Crippen molar-refractivity contribution in [2.24, 2.45) is 4.99 Å². The molecule has 0 aliphatic carbocycles. The molecule has 1 saturated heterocycles. The lowest BCUT2D eigenvalue weighted by molar-refractivity contribution is 0.0171. The fraction of sp³-hybridized carbons (Fsp3) is 0.938. The van der Waals surface area contributed by atoms with Crippen LogP contribution in [0.3, 0.4) is 0 Å². The van der Waals surface area contributed by atoms with Crippen LogP contribution in [0.25, 0.3) is 0 Å². The second kappa shape index (κ2) is 13.3. The molecular weight excluding hydrogens is 344 g/mol. The van der Waals surface area contributed by atoms with Crippen LogP contribution in [0.4, 0.5) is 0 Å². The van der Waals surface area contributed by atoms with Gasteiger partial charge in [0.2, 0.25) is 10.0 Å². The van der Waals surface area contributed by atoms with Crippen LogP contribution in [-0.2, 0) is 19.5 Å². The first-order valence-electron chi connectivity index (χ1n) is 9.26. The van der Waals surface area contributed by atoms with E-state index in [2.05, 4.69) is 20.3 Å². The van der Waals surface area contributed by atoms with Crippen molar-refractivity contribution in [1.29, 1.82) is 0 Å². The highest BCUT2D eigenvalue weighted by molar-refractivity contribution is 7.89. The van der Waals surface area contributed by atoms with E-state index in [4.69, 9.17) is 9.47 Å². The Bertz CT molecular complexity index is 465. The fourth-order valence-electron chi connectivity index (χ4n) is 2.31. The van der Waals surface area contributed by atoms with Crippen molar-refractivity contribution in [3.8, 4) is 0 Å². The van der Waals surface area contributed by atoms with E-state index in [1.165, 1.54) is 0 Å². The molecule has 0 spiro atoms. The number of ether oxygens (including phenoxy) is 2. The minimum atomic E-state index is -3.11. The Morgan fingerprint density at radius 3 is 2.76 bits per heavy atom. The highest BCUT2D eigenvalue weighted by atomic mass is 32.2. The van der Waals surface area contributed by atoms with E-state index in [1.54, 1.807) is 6.92 Å². The number of nitrogens with zero attached hydrogens (tertiary/aromatic N) is 1. The van der Waals surface area contributed by atoms with E-state index in [0.717, 1.165) is 38.4 Å². The first kappa shape index (κ1) is 22.1. The molecule has 0 aromatic carbocycles. The first-order valence-corrected chi connectivity index (χ1v) is 10.9. The van der Waals surface area contributed by atoms with E-state index < -0.39 is 10.0 Å². The summed E-state index contributed by atoms with van der Waals surface area (Å²) in [6, 6.07) is 0. The van der Waals surface area contributed by atoms with Crippen LogP contribution in [0.5, 0.6) is 0 Å². The van der Waals surface area contributed by atoms with E-state index in [0.29, 0.717) is 39.3 Å². The van der Waals surface area contributed by atoms with Gasteiger partial charge >= 0.3 is 0 Å². The van der Waals surface area contributed by atoms with Crippen LogP contribution in [0.15, 0.2) is 4.99 Å². The summed E-state index contributed by atoms with van der Waals surface area (Å²) in [5, 5.41) is 6.38. The van der Waals surface area contributed by atoms with Gasteiger partial charge in [0.05, 0.1) is 18.5 Å². The summed E-state index contributed by atoms with van der Waals surface area (Å²) >= 11 is 0. The van der Waals surface area contributed by atoms with E-state index in [-0.39, 0.29) is 11.9 Å². The third kappa shape index (κ3) is 11.4. The Morgan fingerprint density at radius 2 is 2.08 bits per heavy atom. The third-order valence-corrected chi connectivity index (χ3v) is 5.14. The van der Waals surface area contributed by atoms with Crippen molar-refractivity contribution in [1.82, 2.24) is 15.4 Å². The van der Waals surface area contributed by atoms with Crippen LogP contribution < -0.4 is 15.4 Å². The number of nitrogens with one attached hydrogen (secondary N) is 3. The van der Waals surface area contributed by atoms with Crippen LogP contribution in [0.1, 0.15) is 39.5 Å². The number of hydrogen-bond acceptors (Lipinski definition) is 5. The molecule has 25 heavy (non-hydrogen) atoms. The molecule has 1 aliphatic heterocycles. The molecule has 0 saturated carbocycles. The van der Waals surface area contributed by atoms with Crippen LogP contribution in [0, 0.1) is 0 Å². The second-order valence-corrected chi connectivity index (χ2v) is 8.00. The number of rotatable bonds is 13. The van der Waals surface area contributed by atoms with Crippen LogP contribution >= 0.6 is 0 Å². The molecule has 1 unspecified atom stereocenters. The number of guanidine groups is 1. The van der Waals surface area contributed by atoms with Gasteiger partial charge in [-0.25, -0.2) is 13.1 Å². The van der Waals surface area contributed by atoms with Gasteiger partial charge < -0.3 is 20.1 Å². The van der Waals surface area contributed by atoms with Gasteiger partial charge in [-0.05, 0) is 39.5 Å². The number of sulfonamides is 1. The average Bonchev–Trinajstić information content (AvgIpc) is 3.10. The van der Waals surface area contributed by atoms with Gasteiger partial charge in [-0.3, -0.25) is 4.99 Å². The topological polar surface area (TPSA) is 101 Å². The van der Waals surface area contributed by atoms with Crippen molar-refractivity contribution < 1.29 is 17.9 Å². The quantitative estimate of drug-likeness (QED) is 0.244. The molecule has 3 N–H and O–H groups in total. The lowest BCUT2D eigenvalue weighted by atomic mass is 10.2. The Labute approximate surface area is 152 Å². The van der Waals surface area contributed by atoms with Gasteiger partial charge in [0.15, 0.2) is 5.96 Å². The van der Waals surface area contributed by atoms with E-state index in [1.807, 2.05) is 6.92 Å². The zero-order valence-electron chi connectivity index (χ0n) is 15.6. The monoisotopic (exact) mass is 378 g/mol. The molecule has 0 amide bonds. The second-order valence-electron chi connectivity index (χ2n) is 5.90. The Hall–Kier alpha value is -0.900. The molecular formula is C16H34N4O4S. The summed E-state index contributed by atoms with van der Waals surface area (Å²) in [6.07, 6.45) is 4.07. The molecule has 148 valence electrons. The zero-order chi connectivity index (χ0) is 18.4. The van der Waals surface area contributed by atoms with Gasteiger partial charge in [0, 0.05) is 39.4 Å². The highest BCUT2D eigenvalue weighted by Gasteiger charge is 2.14. The van der Waals surface area contributed by atoms with Crippen LogP contribution in [-0.4, -0.2) is 72.2 Å². The maximum Gasteiger partial charge on any atom is 0.211 e. The van der Waals surface area contributed by atoms with Crippen LogP contribution in [0.2, 0.25) is 0 Å². The highest BCUT2D eigenvalue weighted by Crippen LogP contribution is 2.11. The van der Waals surface area contributed by atoms with Gasteiger partial charge in [0.25, 0.3) is 0 Å². The van der Waals surface area contributed by atoms with E-state index in [9.17, 15) is 8.42 Å². The first-order chi connectivity index (χ1) is 12.1. The molecule has 0 radical (unpaired) electrons. The SMILES string of the molecule is CCNC(=NCCCOCC1CCCO1)NCCCNS(=O)(=O)CC. The minimum Gasteiger partial charge on any atom is -0.379 e. The largest absolute Gasteiger partial charge is 0.379 e. The maximum atomic E-state index is 11.3. The Kier molecular flexibility index (Phi) is 11.8. The molecule has 1 rings (SSSR count). The third-order valence-electron chi connectivity index (χ3n) is 3.74.